The van der Waals surface area contributed by atoms with Crippen LogP contribution < -0.4 is 9.64 Å². The van der Waals surface area contributed by atoms with Crippen LogP contribution in [0.15, 0.2) is 66.2 Å². The molecule has 2 saturated heterocycles. The highest BCUT2D eigenvalue weighted by atomic mass is 16.5. The van der Waals surface area contributed by atoms with Crippen LogP contribution in [0.5, 0.6) is 5.75 Å². The lowest BCUT2D eigenvalue weighted by Gasteiger charge is -2.49. The largest absolute Gasteiger partial charge is 0.491 e. The number of hydrogen-bond acceptors (Lipinski definition) is 6. The Labute approximate surface area is 240 Å². The number of allylic oxidation sites excluding steroid dienone is 2. The second-order valence-electron chi connectivity index (χ2n) is 12.8. The molecule has 1 N–H and O–H groups in total. The predicted octanol–water partition coefficient (Wildman–Crippen LogP) is 4.09. The molecule has 8 nitrogen and oxygen atoms in total. The van der Waals surface area contributed by atoms with Gasteiger partial charge in [-0.15, -0.1) is 0 Å². The highest BCUT2D eigenvalue weighted by Crippen LogP contribution is 2.64. The number of ether oxygens (including phenoxy) is 1. The molecule has 6 rings (SSSR count). The summed E-state index contributed by atoms with van der Waals surface area (Å²) in [7, 11) is 0. The van der Waals surface area contributed by atoms with Crippen LogP contribution in [0.2, 0.25) is 0 Å². The van der Waals surface area contributed by atoms with E-state index in [0.717, 1.165) is 11.1 Å². The quantitative estimate of drug-likeness (QED) is 0.440. The number of imide groups is 2. The van der Waals surface area contributed by atoms with Crippen LogP contribution >= 0.6 is 0 Å². The topological polar surface area (TPSA) is 104 Å². The van der Waals surface area contributed by atoms with Crippen molar-refractivity contribution in [3.8, 4) is 5.75 Å². The predicted molar refractivity (Wildman–Crippen MR) is 152 cm³/mol. The van der Waals surface area contributed by atoms with Crippen molar-refractivity contribution >= 4 is 29.3 Å². The van der Waals surface area contributed by atoms with Gasteiger partial charge in [0.05, 0.1) is 35.5 Å². The minimum absolute atomic E-state index is 0.0770. The zero-order valence-corrected chi connectivity index (χ0v) is 23.9. The number of anilines is 1. The fraction of sp³-hybridized carbons (Fsp3) is 0.455. The summed E-state index contributed by atoms with van der Waals surface area (Å²) in [5, 5.41) is 9.49. The molecule has 8 heteroatoms. The highest BCUT2D eigenvalue weighted by Gasteiger charge is 2.68. The maximum Gasteiger partial charge on any atom is 0.241 e. The Bertz CT molecular complexity index is 1460. The molecule has 3 fully saturated rings. The molecule has 0 radical (unpaired) electrons. The number of hydrogen-bond donors (Lipinski definition) is 1. The molecule has 2 heterocycles. The highest BCUT2D eigenvalue weighted by molar-refractivity contribution is 6.24. The molecule has 6 atom stereocenters. The van der Waals surface area contributed by atoms with Gasteiger partial charge in [-0.1, -0.05) is 48.0 Å². The molecule has 0 bridgehead atoms. The summed E-state index contributed by atoms with van der Waals surface area (Å²) >= 11 is 0. The van der Waals surface area contributed by atoms with Crippen molar-refractivity contribution < 1.29 is 29.0 Å². The lowest BCUT2D eigenvalue weighted by Crippen LogP contribution is -2.49. The Hall–Kier alpha value is -3.78. The zero-order valence-electron chi connectivity index (χ0n) is 23.9. The van der Waals surface area contributed by atoms with Gasteiger partial charge < -0.3 is 9.84 Å². The first-order chi connectivity index (χ1) is 19.5. The number of carbonyl (C=O) groups excluding carboxylic acids is 4. The summed E-state index contributed by atoms with van der Waals surface area (Å²) < 4.78 is 5.96. The van der Waals surface area contributed by atoms with Gasteiger partial charge in [-0.3, -0.25) is 24.1 Å². The first-order valence-corrected chi connectivity index (χ1v) is 14.4. The van der Waals surface area contributed by atoms with Gasteiger partial charge in [0, 0.05) is 17.0 Å². The number of carbonyl (C=O) groups is 4. The Morgan fingerprint density at radius 2 is 1.61 bits per heavy atom. The van der Waals surface area contributed by atoms with Crippen molar-refractivity contribution in [2.45, 2.75) is 52.0 Å². The van der Waals surface area contributed by atoms with E-state index in [2.05, 4.69) is 0 Å². The molecule has 2 aromatic carbocycles. The minimum atomic E-state index is -1.14. The van der Waals surface area contributed by atoms with Crippen LogP contribution in [-0.2, 0) is 19.2 Å². The second kappa shape index (κ2) is 9.65. The standard InChI is InChI=1S/C33H36N2O6/c1-32(2,3)35-28(37)22-15-14-20-23(26(22)30(35)39)18-24-29(38)34(19-10-6-5-7-11-19)31(40)33(24,4)27(20)21-12-8-9-13-25(21)41-17-16-36/h5-14,22-24,26-27,36H,15-18H2,1-4H3/t22-,23+,24-,26-,27+,33+/m0/s1. The number of amides is 4. The molecule has 0 unspecified atom stereocenters. The molecule has 0 aromatic heterocycles. The van der Waals surface area contributed by atoms with E-state index in [0.29, 0.717) is 24.3 Å². The summed E-state index contributed by atoms with van der Waals surface area (Å²) in [6.45, 7) is 7.35. The lowest BCUT2D eigenvalue weighted by atomic mass is 9.51. The fourth-order valence-electron chi connectivity index (χ4n) is 7.85. The summed E-state index contributed by atoms with van der Waals surface area (Å²) in [5.41, 5.74) is 0.363. The molecule has 4 aliphatic rings. The van der Waals surface area contributed by atoms with Crippen molar-refractivity contribution in [2.75, 3.05) is 18.1 Å². The summed E-state index contributed by atoms with van der Waals surface area (Å²) in [6, 6.07) is 16.4. The number of aliphatic hydroxyl groups excluding tert-OH is 1. The molecule has 2 aliphatic heterocycles. The van der Waals surface area contributed by atoms with Crippen molar-refractivity contribution in [3.63, 3.8) is 0 Å². The Morgan fingerprint density at radius 1 is 0.927 bits per heavy atom. The van der Waals surface area contributed by atoms with Gasteiger partial charge in [-0.25, -0.2) is 4.90 Å². The van der Waals surface area contributed by atoms with E-state index in [1.807, 2.05) is 58.0 Å². The fourth-order valence-corrected chi connectivity index (χ4v) is 7.85. The summed E-state index contributed by atoms with van der Waals surface area (Å²) in [4.78, 5) is 58.8. The Morgan fingerprint density at radius 3 is 2.29 bits per heavy atom. The van der Waals surface area contributed by atoms with Crippen LogP contribution in [0.3, 0.4) is 0 Å². The van der Waals surface area contributed by atoms with E-state index >= 15 is 0 Å². The van der Waals surface area contributed by atoms with Gasteiger partial charge in [0.1, 0.15) is 12.4 Å². The van der Waals surface area contributed by atoms with E-state index < -0.39 is 34.6 Å². The number of rotatable bonds is 5. The second-order valence-corrected chi connectivity index (χ2v) is 12.8. The zero-order chi connectivity index (χ0) is 29.3. The molecular formula is C33H36N2O6. The van der Waals surface area contributed by atoms with Crippen LogP contribution in [-0.4, -0.2) is 52.4 Å². The molecule has 1 saturated carbocycles. The van der Waals surface area contributed by atoms with Crippen molar-refractivity contribution in [1.29, 1.82) is 0 Å². The monoisotopic (exact) mass is 556 g/mol. The van der Waals surface area contributed by atoms with Gasteiger partial charge in [-0.2, -0.15) is 0 Å². The molecule has 41 heavy (non-hydrogen) atoms. The smallest absolute Gasteiger partial charge is 0.241 e. The van der Waals surface area contributed by atoms with Crippen LogP contribution in [0, 0.1) is 29.1 Å². The van der Waals surface area contributed by atoms with Crippen molar-refractivity contribution in [2.24, 2.45) is 29.1 Å². The third-order valence-corrected chi connectivity index (χ3v) is 9.54. The average Bonchev–Trinajstić information content (AvgIpc) is 3.32. The lowest BCUT2D eigenvalue weighted by molar-refractivity contribution is -0.145. The van der Waals surface area contributed by atoms with Gasteiger partial charge in [0.15, 0.2) is 0 Å². The van der Waals surface area contributed by atoms with E-state index in [-0.39, 0.29) is 42.8 Å². The van der Waals surface area contributed by atoms with Crippen LogP contribution in [0.25, 0.3) is 0 Å². The van der Waals surface area contributed by atoms with Crippen molar-refractivity contribution in [1.82, 2.24) is 4.90 Å². The first kappa shape index (κ1) is 27.4. The van der Waals surface area contributed by atoms with Gasteiger partial charge in [-0.05, 0) is 64.7 Å². The number of fused-ring (bicyclic) bond motifs is 4. The number of para-hydroxylation sites is 2. The molecule has 2 aliphatic carbocycles. The summed E-state index contributed by atoms with van der Waals surface area (Å²) in [6.07, 6.45) is 2.75. The third-order valence-electron chi connectivity index (χ3n) is 9.54. The average molecular weight is 557 g/mol. The van der Waals surface area contributed by atoms with E-state index in [1.54, 1.807) is 30.3 Å². The van der Waals surface area contributed by atoms with Gasteiger partial charge >= 0.3 is 0 Å². The molecule has 214 valence electrons. The molecule has 4 amide bonds. The Balaban J connectivity index is 1.53. The van der Waals surface area contributed by atoms with E-state index in [1.165, 1.54) is 9.80 Å². The number of benzene rings is 2. The number of likely N-dealkylation sites (tertiary alicyclic amines) is 1. The normalized spacial score (nSPS) is 31.1. The number of aliphatic hydroxyl groups is 1. The first-order valence-electron chi connectivity index (χ1n) is 14.4. The van der Waals surface area contributed by atoms with Crippen LogP contribution in [0.1, 0.15) is 52.0 Å². The Kier molecular flexibility index (Phi) is 6.45. The maximum absolute atomic E-state index is 14.5. The maximum atomic E-state index is 14.5. The SMILES string of the molecule is CC(C)(C)N1C(=O)[C@H]2[C@H](CC=C3[C@H]2C[C@H]2C(=O)N(c4ccccc4)C(=O)[C@@]2(C)[C@H]3c2ccccc2OCCO)C1=O. The van der Waals surface area contributed by atoms with Gasteiger partial charge in [0.2, 0.25) is 23.6 Å². The summed E-state index contributed by atoms with van der Waals surface area (Å²) in [5.74, 6) is -3.12. The van der Waals surface area contributed by atoms with E-state index in [9.17, 15) is 24.3 Å². The molecular weight excluding hydrogens is 520 g/mol. The molecule has 0 spiro atoms. The van der Waals surface area contributed by atoms with Gasteiger partial charge in [0.25, 0.3) is 0 Å². The number of nitrogens with zero attached hydrogens (tertiary/aromatic N) is 2. The molecule has 2 aromatic rings. The van der Waals surface area contributed by atoms with Crippen LogP contribution in [0.4, 0.5) is 5.69 Å². The minimum Gasteiger partial charge on any atom is -0.491 e. The third kappa shape index (κ3) is 3.90. The van der Waals surface area contributed by atoms with E-state index in [4.69, 9.17) is 4.74 Å². The van der Waals surface area contributed by atoms with Crippen molar-refractivity contribution in [3.05, 3.63) is 71.8 Å².